The van der Waals surface area contributed by atoms with Crippen LogP contribution in [0.25, 0.3) is 11.1 Å². The van der Waals surface area contributed by atoms with Gasteiger partial charge in [0.15, 0.2) is 6.17 Å². The highest BCUT2D eigenvalue weighted by Gasteiger charge is 2.27. The molecule has 0 amide bonds. The van der Waals surface area contributed by atoms with Crippen molar-refractivity contribution in [3.8, 4) is 16.9 Å². The number of ether oxygens (including phenoxy) is 2. The zero-order chi connectivity index (χ0) is 28.4. The molecule has 0 aromatic heterocycles. The maximum Gasteiger partial charge on any atom is 0.340 e. The van der Waals surface area contributed by atoms with Crippen LogP contribution in [0.5, 0.6) is 5.75 Å². The lowest BCUT2D eigenvalue weighted by atomic mass is 9.88. The van der Waals surface area contributed by atoms with Crippen molar-refractivity contribution in [3.63, 3.8) is 0 Å². The van der Waals surface area contributed by atoms with Crippen LogP contribution < -0.4 is 4.74 Å². The van der Waals surface area contributed by atoms with Gasteiger partial charge in [-0.15, -0.1) is 0 Å². The van der Waals surface area contributed by atoms with E-state index in [0.717, 1.165) is 37.9 Å². The lowest BCUT2D eigenvalue weighted by molar-refractivity contribution is -0.157. The van der Waals surface area contributed by atoms with E-state index in [0.29, 0.717) is 18.9 Å². The summed E-state index contributed by atoms with van der Waals surface area (Å²) in [6.45, 7) is 4.93. The van der Waals surface area contributed by atoms with Gasteiger partial charge in [0.25, 0.3) is 0 Å². The molecule has 0 radical (unpaired) electrons. The van der Waals surface area contributed by atoms with E-state index in [1.54, 1.807) is 0 Å². The number of hydrogen-bond acceptors (Lipinski definition) is 3. The van der Waals surface area contributed by atoms with Gasteiger partial charge in [-0.3, -0.25) is 0 Å². The molecular weight excluding hydrogens is 499 g/mol. The smallest absolute Gasteiger partial charge is 0.340 e. The van der Waals surface area contributed by atoms with Crippen molar-refractivity contribution in [2.24, 2.45) is 5.92 Å². The van der Waals surface area contributed by atoms with Crippen LogP contribution in [0, 0.1) is 5.92 Å². The monoisotopic (exact) mass is 552 g/mol. The molecule has 0 N–H and O–H groups in total. The quantitative estimate of drug-likeness (QED) is 0.128. The van der Waals surface area contributed by atoms with Gasteiger partial charge in [0.05, 0.1) is 6.61 Å². The number of benzene rings is 2. The van der Waals surface area contributed by atoms with E-state index in [1.807, 2.05) is 6.92 Å². The molecule has 3 rings (SSSR count). The number of hydrogen-bond donors (Lipinski definition) is 0. The van der Waals surface area contributed by atoms with E-state index < -0.39 is 12.1 Å². The minimum atomic E-state index is -1.48. The number of aryl methyl sites for hydroxylation is 1. The second kappa shape index (κ2) is 18.9. The topological polar surface area (TPSA) is 35.5 Å². The first-order valence-corrected chi connectivity index (χ1v) is 16.3. The van der Waals surface area contributed by atoms with Gasteiger partial charge in [0.2, 0.25) is 0 Å². The Bertz CT molecular complexity index is 932. The van der Waals surface area contributed by atoms with Crippen molar-refractivity contribution in [1.82, 2.24) is 0 Å². The number of rotatable bonds is 19. The molecule has 1 aliphatic rings. The molecule has 0 unspecified atom stereocenters. The predicted octanol–water partition coefficient (Wildman–Crippen LogP) is 10.4. The number of carbonyl (C=O) groups is 1. The molecule has 0 spiro atoms. The first-order valence-electron chi connectivity index (χ1n) is 16.3. The third-order valence-corrected chi connectivity index (χ3v) is 8.34. The predicted molar refractivity (Wildman–Crippen MR) is 165 cm³/mol. The highest BCUT2D eigenvalue weighted by atomic mass is 19.1. The number of unbranched alkanes of at least 4 members (excludes halogenated alkanes) is 9. The number of carbonyl (C=O) groups excluding carboxylic acids is 1. The molecule has 0 bridgehead atoms. The average Bonchev–Trinajstić information content (AvgIpc) is 2.99. The maximum atomic E-state index is 13.9. The van der Waals surface area contributed by atoms with E-state index in [-0.39, 0.29) is 12.5 Å². The summed E-state index contributed by atoms with van der Waals surface area (Å²) in [7, 11) is 0. The standard InChI is InChI=1S/C36H53FO3/c1-3-5-7-8-9-10-11-12-13-14-29-16-20-31(21-17-29)32-22-26-33(27-23-32)39-28-30-18-24-34(25-19-30)40-36(38)35(37)15-6-4-2/h16-17,20-23,26-27,30,34-35H,3-15,18-19,24-25,28H2,1-2H3/t30?,34?,35-/m0/s1. The Morgan fingerprint density at radius 2 is 1.30 bits per heavy atom. The highest BCUT2D eigenvalue weighted by Crippen LogP contribution is 2.29. The van der Waals surface area contributed by atoms with Crippen LogP contribution in [0.1, 0.15) is 122 Å². The molecule has 1 aliphatic carbocycles. The minimum absolute atomic E-state index is 0.153. The number of esters is 1. The largest absolute Gasteiger partial charge is 0.493 e. The van der Waals surface area contributed by atoms with Crippen LogP contribution in [-0.2, 0) is 16.0 Å². The molecule has 0 saturated heterocycles. The van der Waals surface area contributed by atoms with Crippen molar-refractivity contribution < 1.29 is 18.7 Å². The summed E-state index contributed by atoms with van der Waals surface area (Å²) >= 11 is 0. The van der Waals surface area contributed by atoms with Crippen molar-refractivity contribution in [3.05, 3.63) is 54.1 Å². The molecule has 2 aromatic rings. The Kier molecular flexibility index (Phi) is 15.2. The van der Waals surface area contributed by atoms with Gasteiger partial charge in [-0.2, -0.15) is 0 Å². The number of alkyl halides is 1. The maximum absolute atomic E-state index is 13.9. The van der Waals surface area contributed by atoms with Crippen LogP contribution in [0.3, 0.4) is 0 Å². The summed E-state index contributed by atoms with van der Waals surface area (Å²) < 4.78 is 25.4. The van der Waals surface area contributed by atoms with Gasteiger partial charge < -0.3 is 9.47 Å². The van der Waals surface area contributed by atoms with Gasteiger partial charge in [-0.1, -0.05) is 114 Å². The molecule has 222 valence electrons. The van der Waals surface area contributed by atoms with Crippen LogP contribution in [0.2, 0.25) is 0 Å². The first-order chi connectivity index (χ1) is 19.6. The molecule has 1 atom stereocenters. The Hall–Kier alpha value is -2.36. The Morgan fingerprint density at radius 3 is 1.90 bits per heavy atom. The SMILES string of the molecule is CCCCCCCCCCCc1ccc(-c2ccc(OCC3CCC(OC(=O)[C@@H](F)CCCC)CC3)cc2)cc1. The van der Waals surface area contributed by atoms with Crippen LogP contribution in [0.15, 0.2) is 48.5 Å². The minimum Gasteiger partial charge on any atom is -0.493 e. The van der Waals surface area contributed by atoms with Gasteiger partial charge in [0, 0.05) is 0 Å². The summed E-state index contributed by atoms with van der Waals surface area (Å²) in [6.07, 6.45) is 17.2. The molecule has 4 heteroatoms. The molecule has 40 heavy (non-hydrogen) atoms. The Balaban J connectivity index is 1.30. The molecule has 0 aliphatic heterocycles. The third kappa shape index (κ3) is 12.0. The Morgan fingerprint density at radius 1 is 0.750 bits per heavy atom. The fraction of sp³-hybridized carbons (Fsp3) is 0.639. The highest BCUT2D eigenvalue weighted by molar-refractivity contribution is 5.74. The van der Waals surface area contributed by atoms with E-state index >= 15 is 0 Å². The summed E-state index contributed by atoms with van der Waals surface area (Å²) in [5, 5.41) is 0. The molecule has 2 aromatic carbocycles. The van der Waals surface area contributed by atoms with E-state index in [2.05, 4.69) is 55.5 Å². The van der Waals surface area contributed by atoms with Crippen molar-refractivity contribution >= 4 is 5.97 Å². The number of halogens is 1. The van der Waals surface area contributed by atoms with Gasteiger partial charge in [-0.25, -0.2) is 9.18 Å². The van der Waals surface area contributed by atoms with Gasteiger partial charge in [0.1, 0.15) is 11.9 Å². The summed E-state index contributed by atoms with van der Waals surface area (Å²) in [6, 6.07) is 17.4. The summed E-state index contributed by atoms with van der Waals surface area (Å²) in [5.41, 5.74) is 3.87. The van der Waals surface area contributed by atoms with Crippen LogP contribution >= 0.6 is 0 Å². The van der Waals surface area contributed by atoms with Crippen LogP contribution in [0.4, 0.5) is 4.39 Å². The third-order valence-electron chi connectivity index (χ3n) is 8.34. The van der Waals surface area contributed by atoms with Crippen molar-refractivity contribution in [2.45, 2.75) is 135 Å². The van der Waals surface area contributed by atoms with E-state index in [9.17, 15) is 9.18 Å². The lowest BCUT2D eigenvalue weighted by Crippen LogP contribution is -2.30. The Labute approximate surface area is 243 Å². The zero-order valence-corrected chi connectivity index (χ0v) is 25.2. The molecule has 3 nitrogen and oxygen atoms in total. The first kappa shape index (κ1) is 32.2. The molecule has 1 fully saturated rings. The summed E-state index contributed by atoms with van der Waals surface area (Å²) in [5.74, 6) is 0.645. The van der Waals surface area contributed by atoms with Crippen molar-refractivity contribution in [2.75, 3.05) is 6.61 Å². The van der Waals surface area contributed by atoms with Crippen molar-refractivity contribution in [1.29, 1.82) is 0 Å². The lowest BCUT2D eigenvalue weighted by Gasteiger charge is -2.28. The second-order valence-corrected chi connectivity index (χ2v) is 11.8. The normalized spacial score (nSPS) is 17.9. The van der Waals surface area contributed by atoms with E-state index in [1.165, 1.54) is 80.9 Å². The zero-order valence-electron chi connectivity index (χ0n) is 25.2. The second-order valence-electron chi connectivity index (χ2n) is 11.8. The fourth-order valence-corrected chi connectivity index (χ4v) is 5.62. The van der Waals surface area contributed by atoms with Gasteiger partial charge in [-0.05, 0) is 79.7 Å². The van der Waals surface area contributed by atoms with Gasteiger partial charge >= 0.3 is 5.97 Å². The van der Waals surface area contributed by atoms with Crippen LogP contribution in [-0.4, -0.2) is 24.9 Å². The molecule has 0 heterocycles. The average molecular weight is 553 g/mol. The molecule has 1 saturated carbocycles. The molecular formula is C36H53FO3. The summed E-state index contributed by atoms with van der Waals surface area (Å²) in [4.78, 5) is 11.9. The van der Waals surface area contributed by atoms with E-state index in [4.69, 9.17) is 9.47 Å². The fourth-order valence-electron chi connectivity index (χ4n) is 5.62.